The van der Waals surface area contributed by atoms with E-state index in [1.807, 2.05) is 12.1 Å². The number of rotatable bonds is 6. The number of benzene rings is 1. The molecular formula is C14H21ClIN3O. The minimum Gasteiger partial charge on any atom is -0.492 e. The predicted molar refractivity (Wildman–Crippen MR) is 94.2 cm³/mol. The maximum absolute atomic E-state index is 5.79. The van der Waals surface area contributed by atoms with E-state index < -0.39 is 0 Å². The minimum absolute atomic E-state index is 0. The fourth-order valence-electron chi connectivity index (χ4n) is 1.84. The van der Waals surface area contributed by atoms with E-state index in [-0.39, 0.29) is 24.0 Å². The van der Waals surface area contributed by atoms with Crippen LogP contribution in [0.15, 0.2) is 29.3 Å². The maximum Gasteiger partial charge on any atom is 0.188 e. The van der Waals surface area contributed by atoms with Crippen molar-refractivity contribution in [2.45, 2.75) is 19.3 Å². The van der Waals surface area contributed by atoms with Gasteiger partial charge in [0, 0.05) is 11.6 Å². The van der Waals surface area contributed by atoms with Crippen LogP contribution in [0.25, 0.3) is 0 Å². The Morgan fingerprint density at radius 3 is 2.65 bits per heavy atom. The average molecular weight is 410 g/mol. The number of hydrogen-bond acceptors (Lipinski definition) is 2. The topological polar surface area (TPSA) is 59.6 Å². The molecule has 1 aliphatic carbocycles. The van der Waals surface area contributed by atoms with Crippen LogP contribution in [-0.2, 0) is 0 Å². The van der Waals surface area contributed by atoms with Gasteiger partial charge in [0.1, 0.15) is 12.4 Å². The number of guanidine groups is 1. The zero-order valence-electron chi connectivity index (χ0n) is 11.3. The fraction of sp³-hybridized carbons (Fsp3) is 0.500. The van der Waals surface area contributed by atoms with E-state index in [1.165, 1.54) is 19.3 Å². The Kier molecular flexibility index (Phi) is 8.06. The van der Waals surface area contributed by atoms with E-state index >= 15 is 0 Å². The van der Waals surface area contributed by atoms with Crippen molar-refractivity contribution in [1.82, 2.24) is 5.32 Å². The van der Waals surface area contributed by atoms with Crippen molar-refractivity contribution in [2.24, 2.45) is 16.6 Å². The van der Waals surface area contributed by atoms with Gasteiger partial charge in [-0.25, -0.2) is 0 Å². The number of hydrogen-bond donors (Lipinski definition) is 2. The molecule has 1 fully saturated rings. The molecule has 0 spiro atoms. The van der Waals surface area contributed by atoms with Crippen molar-refractivity contribution < 1.29 is 4.74 Å². The lowest BCUT2D eigenvalue weighted by molar-refractivity contribution is 0.320. The molecular weight excluding hydrogens is 389 g/mol. The van der Waals surface area contributed by atoms with E-state index in [0.29, 0.717) is 24.1 Å². The molecule has 0 atom stereocenters. The molecule has 1 aromatic carbocycles. The summed E-state index contributed by atoms with van der Waals surface area (Å²) in [6.07, 6.45) is 3.91. The van der Waals surface area contributed by atoms with Gasteiger partial charge in [0.05, 0.1) is 6.54 Å². The first-order valence-corrected chi connectivity index (χ1v) is 7.04. The highest BCUT2D eigenvalue weighted by atomic mass is 127. The van der Waals surface area contributed by atoms with Gasteiger partial charge in [-0.1, -0.05) is 18.0 Å². The van der Waals surface area contributed by atoms with E-state index in [9.17, 15) is 0 Å². The third-order valence-electron chi connectivity index (χ3n) is 3.24. The summed E-state index contributed by atoms with van der Waals surface area (Å²) >= 11 is 5.79. The number of nitrogens with zero attached hydrogens (tertiary/aromatic N) is 1. The molecule has 0 radical (unpaired) electrons. The van der Waals surface area contributed by atoms with Gasteiger partial charge in [-0.2, -0.15) is 0 Å². The van der Waals surface area contributed by atoms with Crippen molar-refractivity contribution in [3.63, 3.8) is 0 Å². The maximum atomic E-state index is 5.79. The first-order valence-electron chi connectivity index (χ1n) is 6.66. The molecule has 3 N–H and O–H groups in total. The molecule has 0 saturated heterocycles. The Labute approximate surface area is 142 Å². The zero-order valence-corrected chi connectivity index (χ0v) is 14.4. The number of nitrogens with one attached hydrogen (secondary N) is 1. The Morgan fingerprint density at radius 1 is 1.35 bits per heavy atom. The lowest BCUT2D eigenvalue weighted by Gasteiger charge is -2.23. The lowest BCUT2D eigenvalue weighted by Crippen LogP contribution is -2.35. The molecule has 2 rings (SSSR count). The summed E-state index contributed by atoms with van der Waals surface area (Å²) in [7, 11) is 0. The Hall–Kier alpha value is -0.690. The van der Waals surface area contributed by atoms with E-state index in [4.69, 9.17) is 22.1 Å². The van der Waals surface area contributed by atoms with Crippen LogP contribution in [-0.4, -0.2) is 25.7 Å². The number of halogens is 2. The number of ether oxygens (including phenoxy) is 1. The highest BCUT2D eigenvalue weighted by molar-refractivity contribution is 14.0. The predicted octanol–water partition coefficient (Wildman–Crippen LogP) is 3.04. The zero-order chi connectivity index (χ0) is 13.5. The molecule has 112 valence electrons. The molecule has 1 saturated carbocycles. The summed E-state index contributed by atoms with van der Waals surface area (Å²) in [5, 5.41) is 3.75. The largest absolute Gasteiger partial charge is 0.492 e. The molecule has 0 amide bonds. The van der Waals surface area contributed by atoms with Gasteiger partial charge in [0.25, 0.3) is 0 Å². The summed E-state index contributed by atoms with van der Waals surface area (Å²) < 4.78 is 5.54. The van der Waals surface area contributed by atoms with Crippen LogP contribution in [0.1, 0.15) is 19.3 Å². The third kappa shape index (κ3) is 6.17. The highest BCUT2D eigenvalue weighted by Gasteiger charge is 2.16. The summed E-state index contributed by atoms with van der Waals surface area (Å²) in [6.45, 7) is 2.03. The Morgan fingerprint density at radius 2 is 2.05 bits per heavy atom. The van der Waals surface area contributed by atoms with Gasteiger partial charge < -0.3 is 15.8 Å². The fourth-order valence-corrected chi connectivity index (χ4v) is 1.96. The van der Waals surface area contributed by atoms with Crippen LogP contribution in [0.5, 0.6) is 5.75 Å². The highest BCUT2D eigenvalue weighted by Crippen LogP contribution is 2.26. The second kappa shape index (κ2) is 9.28. The van der Waals surface area contributed by atoms with Crippen molar-refractivity contribution >= 4 is 41.5 Å². The van der Waals surface area contributed by atoms with Gasteiger partial charge in [0.2, 0.25) is 0 Å². The normalized spacial score (nSPS) is 15.2. The molecule has 0 aliphatic heterocycles. The summed E-state index contributed by atoms with van der Waals surface area (Å²) in [5.41, 5.74) is 5.77. The standard InChI is InChI=1S/C14H20ClN3O.HI/c15-12-4-6-13(7-5-12)19-9-8-17-14(16)18-10-11-2-1-3-11;/h4-7,11H,1-3,8-10H2,(H3,16,17,18);1H. The quantitative estimate of drug-likeness (QED) is 0.329. The average Bonchev–Trinajstić information content (AvgIpc) is 2.35. The molecule has 0 heterocycles. The summed E-state index contributed by atoms with van der Waals surface area (Å²) in [5.74, 6) is 2.05. The first kappa shape index (κ1) is 17.4. The van der Waals surface area contributed by atoms with E-state index in [1.54, 1.807) is 12.1 Å². The molecule has 0 unspecified atom stereocenters. The molecule has 20 heavy (non-hydrogen) atoms. The van der Waals surface area contributed by atoms with Gasteiger partial charge >= 0.3 is 0 Å². The summed E-state index contributed by atoms with van der Waals surface area (Å²) in [6, 6.07) is 7.30. The third-order valence-corrected chi connectivity index (χ3v) is 3.49. The van der Waals surface area contributed by atoms with E-state index in [2.05, 4.69) is 10.3 Å². The van der Waals surface area contributed by atoms with Crippen LogP contribution < -0.4 is 15.8 Å². The SMILES string of the molecule is I.NC(=NCC1CCC1)NCCOc1ccc(Cl)cc1. The van der Waals surface area contributed by atoms with Gasteiger partial charge in [-0.3, -0.25) is 4.99 Å². The van der Waals surface area contributed by atoms with Gasteiger partial charge in [-0.15, -0.1) is 24.0 Å². The summed E-state index contributed by atoms with van der Waals surface area (Å²) in [4.78, 5) is 4.31. The van der Waals surface area contributed by atoms with Crippen molar-refractivity contribution in [3.8, 4) is 5.75 Å². The van der Waals surface area contributed by atoms with Crippen molar-refractivity contribution in [2.75, 3.05) is 19.7 Å². The van der Waals surface area contributed by atoms with Crippen LogP contribution >= 0.6 is 35.6 Å². The first-order chi connectivity index (χ1) is 9.24. The van der Waals surface area contributed by atoms with Crippen molar-refractivity contribution in [3.05, 3.63) is 29.3 Å². The molecule has 6 heteroatoms. The van der Waals surface area contributed by atoms with Crippen LogP contribution in [0, 0.1) is 5.92 Å². The van der Waals surface area contributed by atoms with Gasteiger partial charge in [-0.05, 0) is 43.0 Å². The van der Waals surface area contributed by atoms with Crippen LogP contribution in [0.3, 0.4) is 0 Å². The smallest absolute Gasteiger partial charge is 0.188 e. The lowest BCUT2D eigenvalue weighted by atomic mass is 9.86. The van der Waals surface area contributed by atoms with Crippen LogP contribution in [0.2, 0.25) is 5.02 Å². The number of nitrogens with two attached hydrogens (primary N) is 1. The second-order valence-electron chi connectivity index (χ2n) is 4.75. The second-order valence-corrected chi connectivity index (χ2v) is 5.19. The van der Waals surface area contributed by atoms with E-state index in [0.717, 1.165) is 18.2 Å². The monoisotopic (exact) mass is 409 g/mol. The van der Waals surface area contributed by atoms with Crippen molar-refractivity contribution in [1.29, 1.82) is 0 Å². The molecule has 1 aliphatic rings. The Bertz CT molecular complexity index is 421. The molecule has 0 bridgehead atoms. The van der Waals surface area contributed by atoms with Gasteiger partial charge in [0.15, 0.2) is 5.96 Å². The Balaban J connectivity index is 0.00000200. The molecule has 0 aromatic heterocycles. The minimum atomic E-state index is 0. The molecule has 1 aromatic rings. The number of aliphatic imine (C=N–C) groups is 1. The van der Waals surface area contributed by atoms with Crippen LogP contribution in [0.4, 0.5) is 0 Å². The molecule has 4 nitrogen and oxygen atoms in total.